The fourth-order valence-corrected chi connectivity index (χ4v) is 3.57. The molecule has 1 heterocycles. The average Bonchev–Trinajstić information content (AvgIpc) is 2.72. The van der Waals surface area contributed by atoms with E-state index in [1.807, 2.05) is 18.4 Å². The van der Waals surface area contributed by atoms with Crippen molar-refractivity contribution in [3.63, 3.8) is 0 Å². The van der Waals surface area contributed by atoms with E-state index >= 15 is 0 Å². The van der Waals surface area contributed by atoms with Crippen LogP contribution in [0.3, 0.4) is 0 Å². The Labute approximate surface area is 112 Å². The zero-order valence-corrected chi connectivity index (χ0v) is 11.5. The van der Waals surface area contributed by atoms with Crippen LogP contribution in [0.4, 0.5) is 0 Å². The van der Waals surface area contributed by atoms with Gasteiger partial charge in [-0.05, 0) is 19.9 Å². The minimum atomic E-state index is 0.725. The molecule has 3 rings (SSSR count). The lowest BCUT2D eigenvalue weighted by molar-refractivity contribution is 0.418. The van der Waals surface area contributed by atoms with Crippen molar-refractivity contribution in [1.29, 1.82) is 0 Å². The number of nitrogens with zero attached hydrogens (tertiary/aromatic N) is 1. The standard InChI is InChI=1S/C15H18N2S/c1-16-10-13-14(11-6-3-2-4-7-11)17-15(18-13)12-8-5-9-12/h2-4,6-7,12,16H,5,8-10H2,1H3. The van der Waals surface area contributed by atoms with Crippen LogP contribution in [0, 0.1) is 0 Å². The Morgan fingerprint density at radius 1 is 1.28 bits per heavy atom. The van der Waals surface area contributed by atoms with Crippen LogP contribution in [-0.2, 0) is 6.54 Å². The molecule has 0 radical (unpaired) electrons. The first-order valence-electron chi connectivity index (χ1n) is 6.58. The highest BCUT2D eigenvalue weighted by molar-refractivity contribution is 7.12. The van der Waals surface area contributed by atoms with E-state index in [4.69, 9.17) is 4.98 Å². The lowest BCUT2D eigenvalue weighted by atomic mass is 9.86. The first-order chi connectivity index (χ1) is 8.88. The van der Waals surface area contributed by atoms with Gasteiger partial charge in [0.05, 0.1) is 10.7 Å². The van der Waals surface area contributed by atoms with Crippen molar-refractivity contribution in [3.8, 4) is 11.3 Å². The molecule has 18 heavy (non-hydrogen) atoms. The summed E-state index contributed by atoms with van der Waals surface area (Å²) in [4.78, 5) is 6.27. The maximum Gasteiger partial charge on any atom is 0.0966 e. The van der Waals surface area contributed by atoms with E-state index in [1.165, 1.54) is 40.4 Å². The third-order valence-corrected chi connectivity index (χ3v) is 4.77. The molecule has 1 aliphatic rings. The molecule has 1 fully saturated rings. The molecule has 0 atom stereocenters. The van der Waals surface area contributed by atoms with E-state index in [1.54, 1.807) is 0 Å². The van der Waals surface area contributed by atoms with Gasteiger partial charge in [-0.25, -0.2) is 4.98 Å². The molecule has 0 bridgehead atoms. The van der Waals surface area contributed by atoms with E-state index in [2.05, 4.69) is 35.6 Å². The number of benzene rings is 1. The predicted octanol–water partition coefficient (Wildman–Crippen LogP) is 3.80. The Hall–Kier alpha value is -1.19. The van der Waals surface area contributed by atoms with E-state index in [-0.39, 0.29) is 0 Å². The summed E-state index contributed by atoms with van der Waals surface area (Å²) in [5.74, 6) is 0.725. The van der Waals surface area contributed by atoms with E-state index in [0.29, 0.717) is 0 Å². The van der Waals surface area contributed by atoms with Crippen molar-refractivity contribution in [1.82, 2.24) is 10.3 Å². The molecule has 94 valence electrons. The predicted molar refractivity (Wildman–Crippen MR) is 76.9 cm³/mol. The molecule has 1 aromatic heterocycles. The maximum atomic E-state index is 4.90. The Bertz CT molecular complexity index is 515. The zero-order valence-electron chi connectivity index (χ0n) is 10.6. The largest absolute Gasteiger partial charge is 0.315 e. The molecule has 0 unspecified atom stereocenters. The van der Waals surface area contributed by atoms with Gasteiger partial charge in [0.15, 0.2) is 0 Å². The molecule has 2 nitrogen and oxygen atoms in total. The molecule has 1 aromatic carbocycles. The van der Waals surface area contributed by atoms with Crippen LogP contribution in [0.25, 0.3) is 11.3 Å². The Morgan fingerprint density at radius 2 is 2.06 bits per heavy atom. The van der Waals surface area contributed by atoms with Crippen molar-refractivity contribution in [2.75, 3.05) is 7.05 Å². The summed E-state index contributed by atoms with van der Waals surface area (Å²) < 4.78 is 0. The second kappa shape index (κ2) is 5.21. The molecular weight excluding hydrogens is 240 g/mol. The molecule has 1 N–H and O–H groups in total. The lowest BCUT2D eigenvalue weighted by Crippen LogP contribution is -2.07. The zero-order chi connectivity index (χ0) is 12.4. The minimum absolute atomic E-state index is 0.725. The third-order valence-electron chi connectivity index (χ3n) is 3.55. The van der Waals surface area contributed by atoms with Crippen molar-refractivity contribution in [2.24, 2.45) is 0 Å². The first-order valence-corrected chi connectivity index (χ1v) is 7.39. The van der Waals surface area contributed by atoms with Crippen molar-refractivity contribution in [3.05, 3.63) is 40.2 Å². The number of thiazole rings is 1. The molecule has 0 spiro atoms. The van der Waals surface area contributed by atoms with Crippen LogP contribution in [-0.4, -0.2) is 12.0 Å². The van der Waals surface area contributed by atoms with Gasteiger partial charge in [-0.2, -0.15) is 0 Å². The second-order valence-electron chi connectivity index (χ2n) is 4.85. The van der Waals surface area contributed by atoms with Crippen molar-refractivity contribution < 1.29 is 0 Å². The van der Waals surface area contributed by atoms with Crippen LogP contribution in [0.15, 0.2) is 30.3 Å². The van der Waals surface area contributed by atoms with E-state index in [9.17, 15) is 0 Å². The fourth-order valence-electron chi connectivity index (χ4n) is 2.30. The highest BCUT2D eigenvalue weighted by Gasteiger charge is 2.24. The van der Waals surface area contributed by atoms with Crippen LogP contribution in [0.2, 0.25) is 0 Å². The average molecular weight is 258 g/mol. The Balaban J connectivity index is 1.98. The third kappa shape index (κ3) is 2.20. The number of nitrogens with one attached hydrogen (secondary N) is 1. The summed E-state index contributed by atoms with van der Waals surface area (Å²) in [5.41, 5.74) is 2.42. The molecular formula is C15H18N2S. The Morgan fingerprint density at radius 3 is 2.67 bits per heavy atom. The van der Waals surface area contributed by atoms with Gasteiger partial charge in [-0.1, -0.05) is 36.8 Å². The van der Waals surface area contributed by atoms with Crippen molar-refractivity contribution >= 4 is 11.3 Å². The van der Waals surface area contributed by atoms with Crippen LogP contribution in [0.1, 0.15) is 35.1 Å². The molecule has 3 heteroatoms. The number of hydrogen-bond acceptors (Lipinski definition) is 3. The van der Waals surface area contributed by atoms with Crippen LogP contribution < -0.4 is 5.32 Å². The lowest BCUT2D eigenvalue weighted by Gasteiger charge is -2.22. The smallest absolute Gasteiger partial charge is 0.0966 e. The number of rotatable bonds is 4. The van der Waals surface area contributed by atoms with Gasteiger partial charge in [-0.15, -0.1) is 11.3 Å². The van der Waals surface area contributed by atoms with Gasteiger partial charge in [0.2, 0.25) is 0 Å². The summed E-state index contributed by atoms with van der Waals surface area (Å²) in [6, 6.07) is 10.5. The van der Waals surface area contributed by atoms with Gasteiger partial charge in [-0.3, -0.25) is 0 Å². The van der Waals surface area contributed by atoms with Crippen LogP contribution in [0.5, 0.6) is 0 Å². The van der Waals surface area contributed by atoms with Crippen LogP contribution >= 0.6 is 11.3 Å². The number of aromatic nitrogens is 1. The number of hydrogen-bond donors (Lipinski definition) is 1. The first kappa shape index (κ1) is 11.9. The van der Waals surface area contributed by atoms with Gasteiger partial charge in [0, 0.05) is 22.9 Å². The maximum absolute atomic E-state index is 4.90. The molecule has 0 aliphatic heterocycles. The summed E-state index contributed by atoms with van der Waals surface area (Å²) in [6.45, 7) is 0.911. The van der Waals surface area contributed by atoms with E-state index < -0.39 is 0 Å². The van der Waals surface area contributed by atoms with Gasteiger partial charge in [0.1, 0.15) is 0 Å². The SMILES string of the molecule is CNCc1sc(C2CCC2)nc1-c1ccccc1. The molecule has 1 aliphatic carbocycles. The second-order valence-corrected chi connectivity index (χ2v) is 5.96. The van der Waals surface area contributed by atoms with Crippen molar-refractivity contribution in [2.45, 2.75) is 31.7 Å². The summed E-state index contributed by atoms with van der Waals surface area (Å²) >= 11 is 1.89. The minimum Gasteiger partial charge on any atom is -0.315 e. The topological polar surface area (TPSA) is 24.9 Å². The molecule has 2 aromatic rings. The highest BCUT2D eigenvalue weighted by atomic mass is 32.1. The highest BCUT2D eigenvalue weighted by Crippen LogP contribution is 2.41. The Kier molecular flexibility index (Phi) is 3.43. The quantitative estimate of drug-likeness (QED) is 0.902. The monoisotopic (exact) mass is 258 g/mol. The molecule has 0 amide bonds. The molecule has 0 saturated heterocycles. The van der Waals surface area contributed by atoms with Gasteiger partial charge < -0.3 is 5.32 Å². The van der Waals surface area contributed by atoms with Gasteiger partial charge in [0.25, 0.3) is 0 Å². The molecule has 1 saturated carbocycles. The summed E-state index contributed by atoms with van der Waals surface area (Å²) in [7, 11) is 2.00. The summed E-state index contributed by atoms with van der Waals surface area (Å²) in [5, 5.41) is 4.59. The normalized spacial score (nSPS) is 15.6. The fraction of sp³-hybridized carbons (Fsp3) is 0.400. The van der Waals surface area contributed by atoms with Gasteiger partial charge >= 0.3 is 0 Å². The van der Waals surface area contributed by atoms with E-state index in [0.717, 1.165) is 12.5 Å². The summed E-state index contributed by atoms with van der Waals surface area (Å²) in [6.07, 6.45) is 4.01.